The third-order valence-electron chi connectivity index (χ3n) is 6.24. The number of aromatic nitrogens is 1. The minimum atomic E-state index is -3.36. The normalized spacial score (nSPS) is 23.2. The second kappa shape index (κ2) is 8.05. The molecule has 0 unspecified atom stereocenters. The van der Waals surface area contributed by atoms with Gasteiger partial charge in [-0.05, 0) is 57.2 Å². The molecule has 34 heavy (non-hydrogen) atoms. The largest absolute Gasteiger partial charge is 0.441 e. The number of halogens is 1. The van der Waals surface area contributed by atoms with Crippen molar-refractivity contribution in [2.45, 2.75) is 38.0 Å². The fourth-order valence-corrected chi connectivity index (χ4v) is 5.63. The first-order valence-electron chi connectivity index (χ1n) is 10.6. The molecule has 1 aromatic heterocycles. The van der Waals surface area contributed by atoms with Gasteiger partial charge in [0.25, 0.3) is 5.91 Å². The summed E-state index contributed by atoms with van der Waals surface area (Å²) < 4.78 is 42.1. The number of amidine groups is 1. The van der Waals surface area contributed by atoms with Gasteiger partial charge in [0.2, 0.25) is 0 Å². The fraction of sp³-hybridized carbons (Fsp3) is 0.348. The topological polar surface area (TPSA) is 135 Å². The van der Waals surface area contributed by atoms with Gasteiger partial charge in [-0.15, -0.1) is 10.8 Å². The molecule has 1 fully saturated rings. The van der Waals surface area contributed by atoms with E-state index in [1.165, 1.54) is 29.6 Å². The molecule has 1 aliphatic rings. The van der Waals surface area contributed by atoms with Crippen molar-refractivity contribution in [2.24, 2.45) is 0 Å². The predicted molar refractivity (Wildman–Crippen MR) is 131 cm³/mol. The molecule has 2 aromatic carbocycles. The van der Waals surface area contributed by atoms with Crippen LogP contribution in [-0.2, 0) is 5.54 Å². The maximum atomic E-state index is 15.0. The van der Waals surface area contributed by atoms with E-state index in [-0.39, 0.29) is 17.9 Å². The zero-order valence-corrected chi connectivity index (χ0v) is 20.4. The van der Waals surface area contributed by atoms with Crippen LogP contribution in [-0.4, -0.2) is 48.5 Å². The first-order valence-corrected chi connectivity index (χ1v) is 12.1. The van der Waals surface area contributed by atoms with Gasteiger partial charge in [-0.2, -0.15) is 0 Å². The van der Waals surface area contributed by atoms with Crippen LogP contribution in [0.2, 0.25) is 0 Å². The number of hydrogen-bond acceptors (Lipinski definition) is 7. The number of benzene rings is 2. The monoisotopic (exact) mass is 489 g/mol. The van der Waals surface area contributed by atoms with E-state index in [0.29, 0.717) is 28.2 Å². The minimum Gasteiger partial charge on any atom is -0.441 e. The molecule has 1 amide bonds. The Morgan fingerprint density at radius 1 is 1.26 bits per heavy atom. The molecule has 182 valence electrons. The van der Waals surface area contributed by atoms with Crippen LogP contribution >= 0.6 is 10.8 Å². The van der Waals surface area contributed by atoms with Gasteiger partial charge in [-0.1, -0.05) is 0 Å². The summed E-state index contributed by atoms with van der Waals surface area (Å²) in [6, 6.07) is 9.07. The Morgan fingerprint density at radius 3 is 2.68 bits per heavy atom. The van der Waals surface area contributed by atoms with Gasteiger partial charge in [0, 0.05) is 37.3 Å². The van der Waals surface area contributed by atoms with Gasteiger partial charge in [-0.25, -0.2) is 13.7 Å². The highest BCUT2D eigenvalue weighted by atomic mass is 32.3. The third kappa shape index (κ3) is 3.94. The van der Waals surface area contributed by atoms with E-state index in [2.05, 4.69) is 15.6 Å². The summed E-state index contributed by atoms with van der Waals surface area (Å²) in [6.45, 7) is 6.52. The summed E-state index contributed by atoms with van der Waals surface area (Å²) in [5, 5.41) is 14.2. The second-order valence-corrected chi connectivity index (χ2v) is 11.9. The van der Waals surface area contributed by atoms with E-state index in [1.807, 2.05) is 0 Å². The number of aryl methyl sites for hydroxylation is 1. The van der Waals surface area contributed by atoms with Gasteiger partial charge >= 0.3 is 0 Å². The molecule has 1 atom stereocenters. The van der Waals surface area contributed by atoms with Gasteiger partial charge in [0.15, 0.2) is 11.5 Å². The molecule has 0 radical (unpaired) electrons. The van der Waals surface area contributed by atoms with Crippen LogP contribution in [0.3, 0.4) is 0 Å². The number of anilines is 1. The molecule has 0 spiro atoms. The van der Waals surface area contributed by atoms with Gasteiger partial charge < -0.3 is 15.1 Å². The van der Waals surface area contributed by atoms with Crippen LogP contribution in [0.15, 0.2) is 40.8 Å². The molecule has 11 heteroatoms. The molecule has 5 N–H and O–H groups in total. The number of rotatable bonds is 3. The number of carbonyl (C=O) groups is 1. The lowest BCUT2D eigenvalue weighted by atomic mass is 9.90. The summed E-state index contributed by atoms with van der Waals surface area (Å²) in [4.78, 5) is 17.1. The lowest BCUT2D eigenvalue weighted by molar-refractivity contribution is 0.102. The van der Waals surface area contributed by atoms with Crippen molar-refractivity contribution < 1.29 is 22.7 Å². The second-order valence-electron chi connectivity index (χ2n) is 9.21. The Hall–Kier alpha value is -2.99. The minimum absolute atomic E-state index is 0.0109. The van der Waals surface area contributed by atoms with E-state index >= 15 is 4.39 Å². The molecule has 2 heterocycles. The number of oxazole rings is 1. The van der Waals surface area contributed by atoms with Crippen LogP contribution in [0, 0.1) is 18.2 Å². The number of amides is 1. The first-order chi connectivity index (χ1) is 15.7. The zero-order chi connectivity index (χ0) is 25.1. The van der Waals surface area contributed by atoms with Crippen LogP contribution in [0.5, 0.6) is 0 Å². The maximum Gasteiger partial charge on any atom is 0.255 e. The number of hydrogen-bond donors (Lipinski definition) is 5. The van der Waals surface area contributed by atoms with Gasteiger partial charge in [0.05, 0.1) is 5.54 Å². The van der Waals surface area contributed by atoms with Crippen LogP contribution in [0.1, 0.15) is 42.6 Å². The van der Waals surface area contributed by atoms with E-state index in [4.69, 9.17) is 9.83 Å². The summed E-state index contributed by atoms with van der Waals surface area (Å²) in [5.74, 6) is -0.587. The molecule has 0 bridgehead atoms. The van der Waals surface area contributed by atoms with Crippen molar-refractivity contribution in [1.29, 1.82) is 5.41 Å². The molecule has 9 nitrogen and oxygen atoms in total. The molecule has 0 aliphatic carbocycles. The standard InChI is InChI=1S/C23H28FN5O4S/c1-13-26-18-9-6-14(10-19(18)33-13)20(30)27-15-7-8-17(24)16(11-15)23(4)12-29(5)34(31,32)22(2,3)21(25)28-23/h6-11,31-32H,12H2,1-5H3,(H2,25,28)(H,27,30)/t23-/m0/s1. The average Bonchev–Trinajstić information content (AvgIpc) is 3.11. The molecule has 1 aliphatic heterocycles. The lowest BCUT2D eigenvalue weighted by Gasteiger charge is -2.49. The molecule has 1 saturated heterocycles. The highest BCUT2D eigenvalue weighted by Gasteiger charge is 2.49. The van der Waals surface area contributed by atoms with Crippen molar-refractivity contribution >= 4 is 39.3 Å². The Morgan fingerprint density at radius 2 is 1.97 bits per heavy atom. The van der Waals surface area contributed by atoms with Crippen molar-refractivity contribution in [2.75, 3.05) is 18.9 Å². The number of likely N-dealkylation sites (N-methyl/N-ethyl adjacent to an activating group) is 1. The summed E-state index contributed by atoms with van der Waals surface area (Å²) in [7, 11) is -1.83. The van der Waals surface area contributed by atoms with Crippen LogP contribution in [0.4, 0.5) is 10.1 Å². The third-order valence-corrected chi connectivity index (χ3v) is 8.81. The average molecular weight is 490 g/mol. The van der Waals surface area contributed by atoms with Crippen molar-refractivity contribution in [3.05, 3.63) is 59.2 Å². The maximum absolute atomic E-state index is 15.0. The lowest BCUT2D eigenvalue weighted by Crippen LogP contribution is -2.51. The van der Waals surface area contributed by atoms with Crippen LogP contribution < -0.4 is 10.6 Å². The molecule has 4 rings (SSSR count). The molecule has 3 aromatic rings. The van der Waals surface area contributed by atoms with Gasteiger partial charge in [-0.3, -0.25) is 19.3 Å². The first kappa shape index (κ1) is 24.1. The number of carbonyl (C=O) groups excluding carboxylic acids is 1. The summed E-state index contributed by atoms with van der Waals surface area (Å²) >= 11 is 0. The van der Waals surface area contributed by atoms with E-state index in [0.717, 1.165) is 0 Å². The van der Waals surface area contributed by atoms with Crippen molar-refractivity contribution in [3.8, 4) is 0 Å². The quantitative estimate of drug-likeness (QED) is 0.360. The number of nitrogens with one attached hydrogen (secondary N) is 3. The Labute approximate surface area is 198 Å². The summed E-state index contributed by atoms with van der Waals surface area (Å²) in [6.07, 6.45) is 0. The van der Waals surface area contributed by atoms with E-state index < -0.39 is 32.8 Å². The molecule has 0 saturated carbocycles. The highest BCUT2D eigenvalue weighted by molar-refractivity contribution is 8.24. The summed E-state index contributed by atoms with van der Waals surface area (Å²) in [5.41, 5.74) is 0.836. The van der Waals surface area contributed by atoms with Crippen molar-refractivity contribution in [3.63, 3.8) is 0 Å². The van der Waals surface area contributed by atoms with Gasteiger partial charge in [0.1, 0.15) is 21.9 Å². The fourth-order valence-electron chi connectivity index (χ4n) is 4.09. The van der Waals surface area contributed by atoms with Crippen LogP contribution in [0.25, 0.3) is 11.1 Å². The smallest absolute Gasteiger partial charge is 0.255 e. The SMILES string of the molecule is Cc1nc2ccc(C(=O)Nc3ccc(F)c([C@]4(C)CN(C)S(O)(O)C(C)(C)C(=N)N4)c3)cc2o1. The highest BCUT2D eigenvalue weighted by Crippen LogP contribution is 2.57. The molecular formula is C23H28FN5O4S. The van der Waals surface area contributed by atoms with Crippen molar-refractivity contribution in [1.82, 2.24) is 14.6 Å². The number of nitrogens with zero attached hydrogens (tertiary/aromatic N) is 2. The van der Waals surface area contributed by atoms with E-state index in [1.54, 1.807) is 45.9 Å². The number of fused-ring (bicyclic) bond motifs is 1. The Kier molecular flexibility index (Phi) is 5.72. The van der Waals surface area contributed by atoms with E-state index in [9.17, 15) is 13.9 Å². The predicted octanol–water partition coefficient (Wildman–Crippen LogP) is 4.70. The zero-order valence-electron chi connectivity index (χ0n) is 19.6. The molecular weight excluding hydrogens is 461 g/mol. The Balaban J connectivity index is 1.66. The Bertz CT molecular complexity index is 1310.